The van der Waals surface area contributed by atoms with E-state index in [-0.39, 0.29) is 5.91 Å². The van der Waals surface area contributed by atoms with Gasteiger partial charge in [0.15, 0.2) is 0 Å². The zero-order valence-corrected chi connectivity index (χ0v) is 13.1. The van der Waals surface area contributed by atoms with Gasteiger partial charge < -0.3 is 10.1 Å². The Labute approximate surface area is 126 Å². The number of hydrogen-bond donors (Lipinski definition) is 1. The van der Waals surface area contributed by atoms with Gasteiger partial charge in [-0.15, -0.1) is 0 Å². The number of nitrogens with zero attached hydrogens (tertiary/aromatic N) is 2. The second-order valence-corrected chi connectivity index (χ2v) is 5.65. The fourth-order valence-electron chi connectivity index (χ4n) is 2.58. The highest BCUT2D eigenvalue weighted by Gasteiger charge is 2.20. The number of benzene rings is 1. The van der Waals surface area contributed by atoms with Crippen LogP contribution in [0.25, 0.3) is 0 Å². The molecule has 116 valence electrons. The van der Waals surface area contributed by atoms with Gasteiger partial charge in [0.2, 0.25) is 5.91 Å². The van der Waals surface area contributed by atoms with Crippen LogP contribution in [0.2, 0.25) is 0 Å². The fraction of sp³-hybridized carbons (Fsp3) is 0.562. The van der Waals surface area contributed by atoms with E-state index >= 15 is 0 Å². The molecule has 0 aromatic heterocycles. The number of hydrogen-bond acceptors (Lipinski definition) is 4. The molecule has 1 aromatic rings. The summed E-state index contributed by atoms with van der Waals surface area (Å²) in [5.41, 5.74) is 0.728. The Kier molecular flexibility index (Phi) is 5.59. The number of para-hydroxylation sites is 2. The molecule has 1 aliphatic heterocycles. The Balaban J connectivity index is 1.83. The van der Waals surface area contributed by atoms with Crippen molar-refractivity contribution in [2.24, 2.45) is 0 Å². The highest BCUT2D eigenvalue weighted by molar-refractivity contribution is 5.93. The van der Waals surface area contributed by atoms with Crippen molar-refractivity contribution in [1.82, 2.24) is 9.80 Å². The lowest BCUT2D eigenvalue weighted by Crippen LogP contribution is -2.50. The van der Waals surface area contributed by atoms with E-state index in [1.807, 2.05) is 24.3 Å². The van der Waals surface area contributed by atoms with Gasteiger partial charge in [0.1, 0.15) is 5.75 Å². The molecule has 0 aliphatic carbocycles. The number of anilines is 1. The summed E-state index contributed by atoms with van der Waals surface area (Å²) in [4.78, 5) is 16.8. The standard InChI is InChI=1S/C16H25N3O2/c1-13(2)19-10-8-18(9-11-19)12-16(20)17-14-6-4-5-7-15(14)21-3/h4-7,13H,8-12H2,1-3H3,(H,17,20). The largest absolute Gasteiger partial charge is 0.495 e. The van der Waals surface area contributed by atoms with Crippen LogP contribution in [0.15, 0.2) is 24.3 Å². The van der Waals surface area contributed by atoms with E-state index in [0.29, 0.717) is 18.3 Å². The molecule has 21 heavy (non-hydrogen) atoms. The van der Waals surface area contributed by atoms with Crippen molar-refractivity contribution in [2.45, 2.75) is 19.9 Å². The Morgan fingerprint density at radius 1 is 1.24 bits per heavy atom. The third-order valence-corrected chi connectivity index (χ3v) is 3.89. The van der Waals surface area contributed by atoms with Crippen LogP contribution in [-0.4, -0.2) is 61.6 Å². The topological polar surface area (TPSA) is 44.8 Å². The monoisotopic (exact) mass is 291 g/mol. The highest BCUT2D eigenvalue weighted by atomic mass is 16.5. The smallest absolute Gasteiger partial charge is 0.238 e. The first-order valence-corrected chi connectivity index (χ1v) is 7.49. The molecule has 0 bridgehead atoms. The molecule has 1 saturated heterocycles. The maximum Gasteiger partial charge on any atom is 0.238 e. The number of carbonyl (C=O) groups is 1. The summed E-state index contributed by atoms with van der Waals surface area (Å²) < 4.78 is 5.24. The molecule has 1 amide bonds. The molecule has 0 spiro atoms. The quantitative estimate of drug-likeness (QED) is 0.896. The van der Waals surface area contributed by atoms with Gasteiger partial charge in [-0.3, -0.25) is 14.6 Å². The summed E-state index contributed by atoms with van der Waals surface area (Å²) in [6.07, 6.45) is 0. The van der Waals surface area contributed by atoms with Crippen LogP contribution in [0.4, 0.5) is 5.69 Å². The van der Waals surface area contributed by atoms with Crippen molar-refractivity contribution in [1.29, 1.82) is 0 Å². The number of piperazine rings is 1. The van der Waals surface area contributed by atoms with Crippen molar-refractivity contribution < 1.29 is 9.53 Å². The zero-order chi connectivity index (χ0) is 15.2. The Morgan fingerprint density at radius 2 is 1.90 bits per heavy atom. The first-order chi connectivity index (χ1) is 10.1. The van der Waals surface area contributed by atoms with Gasteiger partial charge in [-0.2, -0.15) is 0 Å². The second-order valence-electron chi connectivity index (χ2n) is 5.65. The lowest BCUT2D eigenvalue weighted by atomic mass is 10.2. The van der Waals surface area contributed by atoms with Gasteiger partial charge in [-0.05, 0) is 26.0 Å². The van der Waals surface area contributed by atoms with Crippen molar-refractivity contribution in [2.75, 3.05) is 45.2 Å². The van der Waals surface area contributed by atoms with Gasteiger partial charge in [-0.1, -0.05) is 12.1 Å². The lowest BCUT2D eigenvalue weighted by molar-refractivity contribution is -0.117. The molecular weight excluding hydrogens is 266 g/mol. The molecule has 1 aromatic carbocycles. The number of carbonyl (C=O) groups excluding carboxylic acids is 1. The summed E-state index contributed by atoms with van der Waals surface area (Å²) in [5.74, 6) is 0.702. The van der Waals surface area contributed by atoms with E-state index in [0.717, 1.165) is 31.9 Å². The third-order valence-electron chi connectivity index (χ3n) is 3.89. The molecule has 1 N–H and O–H groups in total. The number of amides is 1. The molecule has 2 rings (SSSR count). The second kappa shape index (κ2) is 7.43. The lowest BCUT2D eigenvalue weighted by Gasteiger charge is -2.36. The van der Waals surface area contributed by atoms with Gasteiger partial charge in [0, 0.05) is 32.2 Å². The molecule has 5 heteroatoms. The first kappa shape index (κ1) is 15.8. The van der Waals surface area contributed by atoms with Crippen LogP contribution in [-0.2, 0) is 4.79 Å². The molecular formula is C16H25N3O2. The minimum atomic E-state index is 0.0116. The molecule has 0 atom stereocenters. The van der Waals surface area contributed by atoms with Crippen molar-refractivity contribution in [3.63, 3.8) is 0 Å². The van der Waals surface area contributed by atoms with E-state index in [1.165, 1.54) is 0 Å². The highest BCUT2D eigenvalue weighted by Crippen LogP contribution is 2.22. The number of methoxy groups -OCH3 is 1. The van der Waals surface area contributed by atoms with Crippen LogP contribution in [0.1, 0.15) is 13.8 Å². The molecule has 0 saturated carbocycles. The fourth-order valence-corrected chi connectivity index (χ4v) is 2.58. The predicted octanol–water partition coefficient (Wildman–Crippen LogP) is 1.66. The van der Waals surface area contributed by atoms with E-state index in [1.54, 1.807) is 7.11 Å². The third kappa shape index (κ3) is 4.44. The van der Waals surface area contributed by atoms with Crippen LogP contribution in [0, 0.1) is 0 Å². The maximum absolute atomic E-state index is 12.1. The first-order valence-electron chi connectivity index (χ1n) is 7.49. The minimum Gasteiger partial charge on any atom is -0.495 e. The predicted molar refractivity (Wildman–Crippen MR) is 84.8 cm³/mol. The normalized spacial score (nSPS) is 17.0. The SMILES string of the molecule is COc1ccccc1NC(=O)CN1CCN(C(C)C)CC1. The Morgan fingerprint density at radius 3 is 2.52 bits per heavy atom. The van der Waals surface area contributed by atoms with Crippen LogP contribution in [0.5, 0.6) is 5.75 Å². The van der Waals surface area contributed by atoms with Crippen LogP contribution in [0.3, 0.4) is 0 Å². The van der Waals surface area contributed by atoms with Crippen molar-refractivity contribution in [3.8, 4) is 5.75 Å². The van der Waals surface area contributed by atoms with Crippen molar-refractivity contribution >= 4 is 11.6 Å². The van der Waals surface area contributed by atoms with Gasteiger partial charge in [-0.25, -0.2) is 0 Å². The van der Waals surface area contributed by atoms with Gasteiger partial charge in [0.25, 0.3) is 0 Å². The average molecular weight is 291 g/mol. The van der Waals surface area contributed by atoms with Crippen molar-refractivity contribution in [3.05, 3.63) is 24.3 Å². The molecule has 1 heterocycles. The maximum atomic E-state index is 12.1. The molecule has 1 aliphatic rings. The molecule has 0 radical (unpaired) electrons. The van der Waals surface area contributed by atoms with Crippen LogP contribution < -0.4 is 10.1 Å². The summed E-state index contributed by atoms with van der Waals surface area (Å²) in [5, 5.41) is 2.92. The van der Waals surface area contributed by atoms with Gasteiger partial charge in [0.05, 0.1) is 19.3 Å². The summed E-state index contributed by atoms with van der Waals surface area (Å²) in [6, 6.07) is 8.05. The molecule has 5 nitrogen and oxygen atoms in total. The summed E-state index contributed by atoms with van der Waals surface area (Å²) in [6.45, 7) is 8.80. The minimum absolute atomic E-state index is 0.0116. The summed E-state index contributed by atoms with van der Waals surface area (Å²) in [7, 11) is 1.61. The van der Waals surface area contributed by atoms with Gasteiger partial charge >= 0.3 is 0 Å². The zero-order valence-electron chi connectivity index (χ0n) is 13.1. The Hall–Kier alpha value is -1.59. The number of nitrogens with one attached hydrogen (secondary N) is 1. The average Bonchev–Trinajstić information content (AvgIpc) is 2.48. The van der Waals surface area contributed by atoms with E-state index in [9.17, 15) is 4.79 Å². The van der Waals surface area contributed by atoms with Crippen LogP contribution >= 0.6 is 0 Å². The number of rotatable bonds is 5. The number of ether oxygens (including phenoxy) is 1. The Bertz CT molecular complexity index is 468. The summed E-state index contributed by atoms with van der Waals surface area (Å²) >= 11 is 0. The molecule has 0 unspecified atom stereocenters. The van der Waals surface area contributed by atoms with E-state index < -0.39 is 0 Å². The molecule has 1 fully saturated rings. The van der Waals surface area contributed by atoms with E-state index in [4.69, 9.17) is 4.74 Å². The van der Waals surface area contributed by atoms with E-state index in [2.05, 4.69) is 29.0 Å².